The number of hydrogen-bond acceptors (Lipinski definition) is 7. The Hall–Kier alpha value is -1.77. The van der Waals surface area contributed by atoms with Gasteiger partial charge in [0.2, 0.25) is 0 Å². The zero-order valence-corrected chi connectivity index (χ0v) is 16.8. The van der Waals surface area contributed by atoms with Crippen molar-refractivity contribution in [2.45, 2.75) is 38.6 Å². The van der Waals surface area contributed by atoms with Crippen molar-refractivity contribution in [3.8, 4) is 0 Å². The molecule has 146 valence electrons. The van der Waals surface area contributed by atoms with Crippen LogP contribution in [0.5, 0.6) is 0 Å². The van der Waals surface area contributed by atoms with Gasteiger partial charge in [0.05, 0.1) is 29.6 Å². The molecule has 0 bridgehead atoms. The van der Waals surface area contributed by atoms with E-state index >= 15 is 0 Å². The van der Waals surface area contributed by atoms with Crippen molar-refractivity contribution in [2.75, 3.05) is 18.2 Å². The van der Waals surface area contributed by atoms with Gasteiger partial charge in [0.25, 0.3) is 10.1 Å². The number of fused-ring (bicyclic) bond motifs is 1. The molecule has 0 spiro atoms. The van der Waals surface area contributed by atoms with E-state index < -0.39 is 10.1 Å². The highest BCUT2D eigenvalue weighted by Crippen LogP contribution is 2.31. The standard InChI is InChI=1S/C18H22ClN3O4S/c1-11(23)14-9-20-15-7-8-16(19)22-18(15)17(14)21-13-5-3-12(4-6-13)10-26-27(2,24)25/h7-9,12-13H,3-6,10H2,1-2H3,(H,20,21). The van der Waals surface area contributed by atoms with Gasteiger partial charge in [-0.2, -0.15) is 8.42 Å². The predicted molar refractivity (Wildman–Crippen MR) is 105 cm³/mol. The molecule has 0 radical (unpaired) electrons. The van der Waals surface area contributed by atoms with Gasteiger partial charge in [-0.15, -0.1) is 0 Å². The first kappa shape index (κ1) is 20.0. The average molecular weight is 412 g/mol. The van der Waals surface area contributed by atoms with Crippen LogP contribution in [0.4, 0.5) is 5.69 Å². The largest absolute Gasteiger partial charge is 0.380 e. The van der Waals surface area contributed by atoms with Gasteiger partial charge >= 0.3 is 0 Å². The van der Waals surface area contributed by atoms with Crippen LogP contribution in [0.1, 0.15) is 43.0 Å². The van der Waals surface area contributed by atoms with Crippen LogP contribution in [0, 0.1) is 5.92 Å². The molecule has 0 aromatic carbocycles. The second-order valence-corrected chi connectivity index (χ2v) is 8.99. The summed E-state index contributed by atoms with van der Waals surface area (Å²) in [6.07, 6.45) is 6.02. The maximum Gasteiger partial charge on any atom is 0.264 e. The van der Waals surface area contributed by atoms with Gasteiger partial charge in [0.1, 0.15) is 10.7 Å². The third-order valence-electron chi connectivity index (χ3n) is 4.77. The lowest BCUT2D eigenvalue weighted by molar-refractivity contribution is 0.101. The van der Waals surface area contributed by atoms with E-state index in [-0.39, 0.29) is 24.3 Å². The second-order valence-electron chi connectivity index (χ2n) is 6.96. The lowest BCUT2D eigenvalue weighted by atomic mass is 9.86. The SMILES string of the molecule is CC(=O)c1cnc2ccc(Cl)nc2c1NC1CCC(COS(C)(=O)=O)CC1. The first-order valence-electron chi connectivity index (χ1n) is 8.80. The van der Waals surface area contributed by atoms with E-state index in [1.165, 1.54) is 6.92 Å². The monoisotopic (exact) mass is 411 g/mol. The fourth-order valence-electron chi connectivity index (χ4n) is 3.35. The number of nitrogens with zero attached hydrogens (tertiary/aromatic N) is 2. The molecule has 0 saturated heterocycles. The summed E-state index contributed by atoms with van der Waals surface area (Å²) in [5.74, 6) is 0.121. The number of anilines is 1. The molecule has 1 aliphatic rings. The summed E-state index contributed by atoms with van der Waals surface area (Å²) < 4.78 is 27.2. The zero-order chi connectivity index (χ0) is 19.6. The Kier molecular flexibility index (Phi) is 5.98. The first-order chi connectivity index (χ1) is 12.7. The number of hydrogen-bond donors (Lipinski definition) is 1. The summed E-state index contributed by atoms with van der Waals surface area (Å²) >= 11 is 6.04. The summed E-state index contributed by atoms with van der Waals surface area (Å²) in [6, 6.07) is 3.60. The molecule has 1 saturated carbocycles. The molecule has 2 aromatic rings. The quantitative estimate of drug-likeness (QED) is 0.441. The number of nitrogens with one attached hydrogen (secondary N) is 1. The molecule has 27 heavy (non-hydrogen) atoms. The van der Waals surface area contributed by atoms with Crippen LogP contribution in [0.3, 0.4) is 0 Å². The van der Waals surface area contributed by atoms with Crippen LogP contribution in [0.25, 0.3) is 11.0 Å². The van der Waals surface area contributed by atoms with E-state index in [1.54, 1.807) is 18.3 Å². The van der Waals surface area contributed by atoms with Gasteiger partial charge in [0, 0.05) is 12.2 Å². The van der Waals surface area contributed by atoms with Crippen molar-refractivity contribution < 1.29 is 17.4 Å². The molecule has 3 rings (SSSR count). The normalized spacial score (nSPS) is 20.6. The van der Waals surface area contributed by atoms with Gasteiger partial charge < -0.3 is 5.32 Å². The zero-order valence-electron chi connectivity index (χ0n) is 15.2. The van der Waals surface area contributed by atoms with Crippen molar-refractivity contribution in [3.05, 3.63) is 29.0 Å². The van der Waals surface area contributed by atoms with Gasteiger partial charge in [-0.3, -0.25) is 14.0 Å². The summed E-state index contributed by atoms with van der Waals surface area (Å²) in [5, 5.41) is 3.80. The van der Waals surface area contributed by atoms with Crippen molar-refractivity contribution in [1.82, 2.24) is 9.97 Å². The summed E-state index contributed by atoms with van der Waals surface area (Å²) in [7, 11) is -3.41. The van der Waals surface area contributed by atoms with Crippen LogP contribution in [-0.4, -0.2) is 43.1 Å². The Morgan fingerprint density at radius 3 is 2.63 bits per heavy atom. The Bertz CT molecular complexity index is 956. The highest BCUT2D eigenvalue weighted by Gasteiger charge is 2.24. The molecule has 1 N–H and O–H groups in total. The maximum absolute atomic E-state index is 12.1. The van der Waals surface area contributed by atoms with E-state index in [9.17, 15) is 13.2 Å². The Morgan fingerprint density at radius 2 is 2.00 bits per heavy atom. The minimum Gasteiger partial charge on any atom is -0.380 e. The van der Waals surface area contributed by atoms with Crippen LogP contribution >= 0.6 is 11.6 Å². The Labute approximate surface area is 163 Å². The molecule has 0 atom stereocenters. The highest BCUT2D eigenvalue weighted by molar-refractivity contribution is 7.85. The van der Waals surface area contributed by atoms with E-state index in [4.69, 9.17) is 15.8 Å². The van der Waals surface area contributed by atoms with E-state index in [1.807, 2.05) is 0 Å². The number of carbonyl (C=O) groups is 1. The lowest BCUT2D eigenvalue weighted by Gasteiger charge is -2.30. The topological polar surface area (TPSA) is 98.2 Å². The van der Waals surface area contributed by atoms with Crippen molar-refractivity contribution in [2.24, 2.45) is 5.92 Å². The third kappa shape index (κ3) is 5.15. The molecule has 2 heterocycles. The molecule has 0 unspecified atom stereocenters. The minimum absolute atomic E-state index is 0.0936. The van der Waals surface area contributed by atoms with Crippen LogP contribution in [-0.2, 0) is 14.3 Å². The molecule has 9 heteroatoms. The third-order valence-corrected chi connectivity index (χ3v) is 5.55. The Balaban J connectivity index is 1.76. The Morgan fingerprint density at radius 1 is 1.30 bits per heavy atom. The number of ketones is 1. The van der Waals surface area contributed by atoms with Gasteiger partial charge in [0.15, 0.2) is 5.78 Å². The van der Waals surface area contributed by atoms with Gasteiger partial charge in [-0.25, -0.2) is 4.98 Å². The van der Waals surface area contributed by atoms with Gasteiger partial charge in [-0.05, 0) is 50.7 Å². The first-order valence-corrected chi connectivity index (χ1v) is 11.0. The van der Waals surface area contributed by atoms with Crippen LogP contribution in [0.2, 0.25) is 5.15 Å². The summed E-state index contributed by atoms with van der Waals surface area (Å²) in [4.78, 5) is 20.7. The summed E-state index contributed by atoms with van der Waals surface area (Å²) in [5.41, 5.74) is 2.39. The lowest BCUT2D eigenvalue weighted by Crippen LogP contribution is -2.29. The summed E-state index contributed by atoms with van der Waals surface area (Å²) in [6.45, 7) is 1.72. The molecule has 0 aliphatic heterocycles. The molecule has 2 aromatic heterocycles. The van der Waals surface area contributed by atoms with E-state index in [0.29, 0.717) is 27.4 Å². The highest BCUT2D eigenvalue weighted by atomic mass is 35.5. The minimum atomic E-state index is -3.41. The van der Waals surface area contributed by atoms with E-state index in [2.05, 4.69) is 15.3 Å². The van der Waals surface area contributed by atoms with Gasteiger partial charge in [-0.1, -0.05) is 11.6 Å². The molecule has 1 aliphatic carbocycles. The molecule has 1 fully saturated rings. The van der Waals surface area contributed by atoms with Crippen molar-refractivity contribution in [1.29, 1.82) is 0 Å². The molecular formula is C18H22ClN3O4S. The predicted octanol–water partition coefficient (Wildman–Crippen LogP) is 3.43. The molecule has 0 amide bonds. The second kappa shape index (κ2) is 8.08. The fraction of sp³-hybridized carbons (Fsp3) is 0.500. The molecule has 7 nitrogen and oxygen atoms in total. The van der Waals surface area contributed by atoms with Crippen LogP contribution < -0.4 is 5.32 Å². The molecular weight excluding hydrogens is 390 g/mol. The fourth-order valence-corrected chi connectivity index (χ4v) is 3.94. The van der Waals surface area contributed by atoms with Crippen molar-refractivity contribution >= 4 is 44.2 Å². The van der Waals surface area contributed by atoms with E-state index in [0.717, 1.165) is 31.9 Å². The number of halogens is 1. The number of Topliss-reactive ketones (excluding diaryl/α,β-unsaturated/α-hetero) is 1. The number of pyridine rings is 2. The smallest absolute Gasteiger partial charge is 0.264 e. The number of aromatic nitrogens is 2. The maximum atomic E-state index is 12.1. The average Bonchev–Trinajstić information content (AvgIpc) is 2.60. The van der Waals surface area contributed by atoms with Crippen LogP contribution in [0.15, 0.2) is 18.3 Å². The van der Waals surface area contributed by atoms with Crippen molar-refractivity contribution in [3.63, 3.8) is 0 Å². The number of rotatable bonds is 6. The number of carbonyl (C=O) groups excluding carboxylic acids is 1.